The number of aromatic hydroxyl groups is 1. The summed E-state index contributed by atoms with van der Waals surface area (Å²) < 4.78 is 0. The molecule has 2 rings (SSSR count). The summed E-state index contributed by atoms with van der Waals surface area (Å²) in [5.41, 5.74) is 1.80. The number of fused-ring (bicyclic) bond motifs is 1. The van der Waals surface area contributed by atoms with Gasteiger partial charge in [0.15, 0.2) is 0 Å². The number of allylic oxidation sites excluding steroid dienone is 3. The van der Waals surface area contributed by atoms with Crippen LogP contribution in [0.5, 0.6) is 5.75 Å². The van der Waals surface area contributed by atoms with Crippen LogP contribution in [0.4, 0.5) is 5.69 Å². The maximum Gasteiger partial charge on any atom is 0.116 e. The fourth-order valence-electron chi connectivity index (χ4n) is 1.19. The van der Waals surface area contributed by atoms with Crippen LogP contribution in [0.2, 0.25) is 0 Å². The highest BCUT2D eigenvalue weighted by Crippen LogP contribution is 2.25. The molecule has 1 aromatic rings. The third-order valence-corrected chi connectivity index (χ3v) is 1.81. The summed E-state index contributed by atoms with van der Waals surface area (Å²) in [4.78, 5) is 4.21. The molecular formula is C11H9NO. The second-order valence-electron chi connectivity index (χ2n) is 2.77. The summed E-state index contributed by atoms with van der Waals surface area (Å²) >= 11 is 0. The van der Waals surface area contributed by atoms with Gasteiger partial charge in [-0.3, -0.25) is 4.99 Å². The smallest absolute Gasteiger partial charge is 0.116 e. The van der Waals surface area contributed by atoms with Crippen LogP contribution in [0.15, 0.2) is 41.4 Å². The first-order chi connectivity index (χ1) is 6.36. The van der Waals surface area contributed by atoms with Crippen molar-refractivity contribution in [2.24, 2.45) is 4.99 Å². The van der Waals surface area contributed by atoms with Crippen molar-refractivity contribution in [1.82, 2.24) is 0 Å². The predicted octanol–water partition coefficient (Wildman–Crippen LogP) is 2.68. The first kappa shape index (κ1) is 7.80. The largest absolute Gasteiger partial charge is 0.508 e. The average molecular weight is 171 g/mol. The minimum absolute atomic E-state index is 0.267. The molecule has 13 heavy (non-hydrogen) atoms. The van der Waals surface area contributed by atoms with Crippen LogP contribution in [0, 0.1) is 0 Å². The van der Waals surface area contributed by atoms with Gasteiger partial charge in [-0.1, -0.05) is 18.2 Å². The van der Waals surface area contributed by atoms with Gasteiger partial charge >= 0.3 is 0 Å². The zero-order valence-electron chi connectivity index (χ0n) is 7.01. The lowest BCUT2D eigenvalue weighted by Gasteiger charge is -2.01. The van der Waals surface area contributed by atoms with Crippen LogP contribution in [-0.4, -0.2) is 11.3 Å². The minimum Gasteiger partial charge on any atom is -0.508 e. The lowest BCUT2D eigenvalue weighted by molar-refractivity contribution is 0.475. The van der Waals surface area contributed by atoms with Gasteiger partial charge in [0.25, 0.3) is 0 Å². The molecule has 0 saturated carbocycles. The topological polar surface area (TPSA) is 32.6 Å². The molecule has 0 fully saturated rings. The van der Waals surface area contributed by atoms with Crippen LogP contribution in [0.25, 0.3) is 6.08 Å². The van der Waals surface area contributed by atoms with Crippen molar-refractivity contribution in [1.29, 1.82) is 0 Å². The fraction of sp³-hybridized carbons (Fsp3) is 0. The molecule has 0 bridgehead atoms. The number of nitrogens with zero attached hydrogens (tertiary/aromatic N) is 1. The lowest BCUT2D eigenvalue weighted by Crippen LogP contribution is -1.77. The summed E-state index contributed by atoms with van der Waals surface area (Å²) in [5, 5.41) is 9.25. The number of phenolic OH excluding ortho intramolecular Hbond substituents is 1. The van der Waals surface area contributed by atoms with E-state index in [0.717, 1.165) is 11.3 Å². The molecule has 2 nitrogen and oxygen atoms in total. The summed E-state index contributed by atoms with van der Waals surface area (Å²) in [5.74, 6) is 0.267. The van der Waals surface area contributed by atoms with E-state index < -0.39 is 0 Å². The summed E-state index contributed by atoms with van der Waals surface area (Å²) in [6.07, 6.45) is 9.34. The highest BCUT2D eigenvalue weighted by Gasteiger charge is 1.98. The Bertz CT molecular complexity index is 403. The minimum atomic E-state index is 0.267. The summed E-state index contributed by atoms with van der Waals surface area (Å²) in [6.45, 7) is 0. The van der Waals surface area contributed by atoms with Crippen molar-refractivity contribution < 1.29 is 5.11 Å². The quantitative estimate of drug-likeness (QED) is 0.639. The zero-order valence-corrected chi connectivity index (χ0v) is 7.01. The van der Waals surface area contributed by atoms with Crippen molar-refractivity contribution in [3.05, 3.63) is 42.0 Å². The van der Waals surface area contributed by atoms with Crippen LogP contribution >= 0.6 is 0 Å². The number of hydrogen-bond acceptors (Lipinski definition) is 2. The van der Waals surface area contributed by atoms with Gasteiger partial charge in [-0.25, -0.2) is 0 Å². The van der Waals surface area contributed by atoms with Gasteiger partial charge in [0, 0.05) is 11.8 Å². The summed E-state index contributed by atoms with van der Waals surface area (Å²) in [7, 11) is 0. The van der Waals surface area contributed by atoms with Crippen molar-refractivity contribution in [3.8, 4) is 5.75 Å². The Morgan fingerprint density at radius 1 is 1.08 bits per heavy atom. The average Bonchev–Trinajstić information content (AvgIpc) is 2.08. The molecule has 0 saturated heterocycles. The first-order valence-electron chi connectivity index (χ1n) is 4.07. The molecule has 64 valence electrons. The zero-order chi connectivity index (χ0) is 9.10. The molecule has 0 aliphatic carbocycles. The van der Waals surface area contributed by atoms with Crippen molar-refractivity contribution in [2.45, 2.75) is 0 Å². The number of benzene rings is 1. The molecular weight excluding hydrogens is 162 g/mol. The Hall–Kier alpha value is -1.83. The van der Waals surface area contributed by atoms with Crippen molar-refractivity contribution >= 4 is 18.0 Å². The molecule has 2 heteroatoms. The van der Waals surface area contributed by atoms with Gasteiger partial charge in [-0.05, 0) is 24.3 Å². The first-order valence-corrected chi connectivity index (χ1v) is 4.07. The monoisotopic (exact) mass is 171 g/mol. The fourth-order valence-corrected chi connectivity index (χ4v) is 1.19. The molecule has 0 radical (unpaired) electrons. The summed E-state index contributed by atoms with van der Waals surface area (Å²) in [6, 6.07) is 5.13. The SMILES string of the molecule is Oc1ccc2c(c1)/C=C\C=C/C=N2. The molecule has 0 amide bonds. The van der Waals surface area contributed by atoms with Crippen molar-refractivity contribution in [2.75, 3.05) is 0 Å². The third kappa shape index (κ3) is 1.67. The normalized spacial score (nSPS) is 18.5. The van der Waals surface area contributed by atoms with Gasteiger partial charge in [-0.2, -0.15) is 0 Å². The number of hydrogen-bond donors (Lipinski definition) is 1. The van der Waals surface area contributed by atoms with E-state index in [0.29, 0.717) is 0 Å². The molecule has 0 atom stereocenters. The molecule has 0 spiro atoms. The Kier molecular flexibility index (Phi) is 1.96. The van der Waals surface area contributed by atoms with E-state index in [4.69, 9.17) is 0 Å². The molecule has 1 heterocycles. The van der Waals surface area contributed by atoms with E-state index >= 15 is 0 Å². The maximum atomic E-state index is 9.25. The van der Waals surface area contributed by atoms with E-state index in [9.17, 15) is 5.11 Å². The van der Waals surface area contributed by atoms with Crippen LogP contribution in [-0.2, 0) is 0 Å². The van der Waals surface area contributed by atoms with E-state index in [2.05, 4.69) is 4.99 Å². The number of rotatable bonds is 0. The Morgan fingerprint density at radius 3 is 2.92 bits per heavy atom. The number of aliphatic imine (C=N–C) groups is 1. The Labute approximate surface area is 76.6 Å². The standard InChI is InChI=1S/C11H9NO/c13-10-5-6-11-9(8-10)4-2-1-3-7-12-11/h1-8,13H/b2-1?,3-1-,4-2-,7-3?,9-4?,12-7?,12-11?. The van der Waals surface area contributed by atoms with Crippen LogP contribution in [0.3, 0.4) is 0 Å². The van der Waals surface area contributed by atoms with Crippen molar-refractivity contribution in [3.63, 3.8) is 0 Å². The molecule has 1 N–H and O–H groups in total. The molecule has 0 unspecified atom stereocenters. The molecule has 1 aromatic carbocycles. The molecule has 1 aliphatic heterocycles. The second-order valence-corrected chi connectivity index (χ2v) is 2.77. The molecule has 0 aromatic heterocycles. The van der Waals surface area contributed by atoms with Gasteiger partial charge in [0.2, 0.25) is 0 Å². The third-order valence-electron chi connectivity index (χ3n) is 1.81. The highest BCUT2D eigenvalue weighted by atomic mass is 16.3. The Balaban J connectivity index is 2.56. The van der Waals surface area contributed by atoms with Gasteiger partial charge in [-0.15, -0.1) is 0 Å². The lowest BCUT2D eigenvalue weighted by atomic mass is 10.1. The van der Waals surface area contributed by atoms with Gasteiger partial charge in [0.05, 0.1) is 5.69 Å². The second kappa shape index (κ2) is 3.27. The van der Waals surface area contributed by atoms with E-state index in [1.807, 2.05) is 24.3 Å². The van der Waals surface area contributed by atoms with Crippen LogP contribution in [0.1, 0.15) is 5.56 Å². The van der Waals surface area contributed by atoms with Gasteiger partial charge in [0.1, 0.15) is 5.75 Å². The van der Waals surface area contributed by atoms with Gasteiger partial charge < -0.3 is 5.11 Å². The van der Waals surface area contributed by atoms with Crippen LogP contribution < -0.4 is 0 Å². The maximum absolute atomic E-state index is 9.25. The predicted molar refractivity (Wildman–Crippen MR) is 54.4 cm³/mol. The van der Waals surface area contributed by atoms with E-state index in [-0.39, 0.29) is 5.75 Å². The van der Waals surface area contributed by atoms with E-state index in [1.54, 1.807) is 24.4 Å². The molecule has 1 aliphatic rings. The highest BCUT2D eigenvalue weighted by molar-refractivity contribution is 5.80. The number of phenols is 1. The van der Waals surface area contributed by atoms with E-state index in [1.165, 1.54) is 0 Å². The Morgan fingerprint density at radius 2 is 2.00 bits per heavy atom.